The Morgan fingerprint density at radius 2 is 1.62 bits per heavy atom. The summed E-state index contributed by atoms with van der Waals surface area (Å²) in [7, 11) is 2.04. The Bertz CT molecular complexity index is 2510. The van der Waals surface area contributed by atoms with Crippen LogP contribution in [0, 0.1) is 18.8 Å². The molecule has 8 aromatic rings. The van der Waals surface area contributed by atoms with E-state index in [2.05, 4.69) is 107 Å². The molecule has 0 saturated heterocycles. The number of para-hydroxylation sites is 1. The Kier molecular flexibility index (Phi) is 7.08. The van der Waals surface area contributed by atoms with E-state index in [4.69, 9.17) is 14.1 Å². The summed E-state index contributed by atoms with van der Waals surface area (Å²) in [4.78, 5) is 13.5. The molecular weight excluding hydrogens is 778 g/mol. The molecule has 0 amide bonds. The number of fused-ring (bicyclic) bond motifs is 8. The molecule has 0 fully saturated rings. The van der Waals surface area contributed by atoms with Gasteiger partial charge in [-0.2, -0.15) is 18.8 Å². The molecule has 1 aliphatic heterocycles. The summed E-state index contributed by atoms with van der Waals surface area (Å²) in [6.45, 7) is 8.71. The van der Waals surface area contributed by atoms with Gasteiger partial charge in [0.15, 0.2) is 0 Å². The first kappa shape index (κ1) is 30.2. The second-order valence-electron chi connectivity index (χ2n) is 13.0. The Morgan fingerprint density at radius 3 is 2.50 bits per heavy atom. The van der Waals surface area contributed by atoms with Gasteiger partial charge in [-0.15, -0.1) is 41.4 Å². The van der Waals surface area contributed by atoms with Crippen LogP contribution in [0.5, 0.6) is 11.5 Å². The first-order valence-electron chi connectivity index (χ1n) is 15.6. The molecule has 0 radical (unpaired) electrons. The molecule has 1 aliphatic rings. The molecule has 0 N–H and O–H groups in total. The van der Waals surface area contributed by atoms with Gasteiger partial charge in [-0.05, 0) is 65.9 Å². The van der Waals surface area contributed by atoms with Crippen molar-refractivity contribution in [1.29, 1.82) is 0 Å². The molecule has 0 aliphatic carbocycles. The molecule has 7 nitrogen and oxygen atoms in total. The summed E-state index contributed by atoms with van der Waals surface area (Å²) in [6.07, 6.45) is 3.64. The molecular formula is C40H30N5O2Pt-3. The van der Waals surface area contributed by atoms with Gasteiger partial charge in [0.05, 0.1) is 10.8 Å². The summed E-state index contributed by atoms with van der Waals surface area (Å²) in [5, 5.41) is 4.22. The van der Waals surface area contributed by atoms with Crippen LogP contribution in [0.25, 0.3) is 49.7 Å². The monoisotopic (exact) mass is 807 g/mol. The van der Waals surface area contributed by atoms with E-state index in [1.807, 2.05) is 55.7 Å². The normalized spacial score (nSPS) is 13.1. The maximum absolute atomic E-state index is 6.48. The fourth-order valence-corrected chi connectivity index (χ4v) is 6.61. The van der Waals surface area contributed by atoms with E-state index in [0.29, 0.717) is 17.2 Å². The molecule has 0 atom stereocenters. The number of anilines is 3. The molecule has 48 heavy (non-hydrogen) atoms. The Morgan fingerprint density at radius 1 is 0.792 bits per heavy atom. The van der Waals surface area contributed by atoms with Crippen molar-refractivity contribution in [1.82, 2.24) is 14.5 Å². The fourth-order valence-electron chi connectivity index (χ4n) is 6.61. The summed E-state index contributed by atoms with van der Waals surface area (Å²) >= 11 is 0. The number of hydrogen-bond donors (Lipinski definition) is 0. The third-order valence-electron chi connectivity index (χ3n) is 8.90. The van der Waals surface area contributed by atoms with Crippen LogP contribution in [0.1, 0.15) is 26.3 Å². The van der Waals surface area contributed by atoms with Crippen LogP contribution in [0.3, 0.4) is 0 Å². The average Bonchev–Trinajstić information content (AvgIpc) is 3.73. The Labute approximate surface area is 292 Å². The van der Waals surface area contributed by atoms with Crippen molar-refractivity contribution in [3.8, 4) is 17.3 Å². The second-order valence-corrected chi connectivity index (χ2v) is 13.0. The maximum atomic E-state index is 6.48. The van der Waals surface area contributed by atoms with E-state index in [-0.39, 0.29) is 26.5 Å². The number of rotatable bonds is 4. The number of furan rings is 1. The minimum absolute atomic E-state index is 0. The molecule has 8 heteroatoms. The number of benzene rings is 4. The zero-order valence-electron chi connectivity index (χ0n) is 26.8. The van der Waals surface area contributed by atoms with Crippen LogP contribution in [0.4, 0.5) is 17.1 Å². The van der Waals surface area contributed by atoms with E-state index in [1.54, 1.807) is 6.20 Å². The SMILES string of the molecule is CN1[CH-]N(c2[c-]c(Oc3[c-]c4c(cc3)c3ccccc3n4-c3cc(C(C)(C)C)ccn3)ccc2)c2c1ccc1oc3ncccc3c21.[Pt]. The van der Waals surface area contributed by atoms with Gasteiger partial charge < -0.3 is 23.5 Å². The molecule has 9 rings (SSSR count). The van der Waals surface area contributed by atoms with Crippen LogP contribution in [0.15, 0.2) is 108 Å². The number of pyridine rings is 2. The third-order valence-corrected chi connectivity index (χ3v) is 8.90. The van der Waals surface area contributed by atoms with Gasteiger partial charge in [-0.3, -0.25) is 0 Å². The van der Waals surface area contributed by atoms with Crippen molar-refractivity contribution in [2.24, 2.45) is 0 Å². The maximum Gasteiger partial charge on any atom is 0.227 e. The van der Waals surface area contributed by atoms with Gasteiger partial charge in [-0.1, -0.05) is 44.5 Å². The van der Waals surface area contributed by atoms with Crippen molar-refractivity contribution in [2.75, 3.05) is 16.8 Å². The molecule has 0 unspecified atom stereocenters. The predicted molar refractivity (Wildman–Crippen MR) is 188 cm³/mol. The van der Waals surface area contributed by atoms with E-state index in [1.165, 1.54) is 5.56 Å². The molecule has 0 saturated carbocycles. The zero-order valence-corrected chi connectivity index (χ0v) is 29.0. The van der Waals surface area contributed by atoms with Crippen LogP contribution in [-0.2, 0) is 26.5 Å². The predicted octanol–water partition coefficient (Wildman–Crippen LogP) is 9.87. The van der Waals surface area contributed by atoms with Gasteiger partial charge in [0.25, 0.3) is 0 Å². The smallest absolute Gasteiger partial charge is 0.227 e. The minimum atomic E-state index is -0.00917. The first-order valence-corrected chi connectivity index (χ1v) is 15.6. The van der Waals surface area contributed by atoms with E-state index in [0.717, 1.165) is 61.0 Å². The summed E-state index contributed by atoms with van der Waals surface area (Å²) < 4.78 is 14.8. The standard InChI is InChI=1S/C40H30N5O2.Pt/c1-40(2,3)25-18-20-41-36(21-25)45-32-13-6-5-11-29(32)30-15-14-28(23-34(30)45)46-27-10-7-9-26(22-27)44-24-43(4)33-16-17-35-37(38(33)44)31-12-8-19-42-39(31)47-35;/h5-21,24H,1-4H3;/q-3;. The van der Waals surface area contributed by atoms with Gasteiger partial charge >= 0.3 is 0 Å². The number of hydrogen-bond acceptors (Lipinski definition) is 6. The van der Waals surface area contributed by atoms with Crippen molar-refractivity contribution in [3.05, 3.63) is 128 Å². The number of aromatic nitrogens is 3. The van der Waals surface area contributed by atoms with Crippen molar-refractivity contribution in [3.63, 3.8) is 0 Å². The topological polar surface area (TPSA) is 59.6 Å². The largest absolute Gasteiger partial charge is 0.509 e. The third kappa shape index (κ3) is 4.76. The van der Waals surface area contributed by atoms with Crippen LogP contribution in [-0.4, -0.2) is 21.6 Å². The van der Waals surface area contributed by atoms with Gasteiger partial charge in [0.2, 0.25) is 5.71 Å². The Hall–Kier alpha value is -5.13. The minimum Gasteiger partial charge on any atom is -0.509 e. The molecule has 0 spiro atoms. The van der Waals surface area contributed by atoms with Crippen LogP contribution < -0.4 is 14.5 Å². The number of nitrogens with zero attached hydrogens (tertiary/aromatic N) is 5. The Balaban J connectivity index is 0.00000336. The summed E-state index contributed by atoms with van der Waals surface area (Å²) in [6, 6.07) is 37.8. The first-order chi connectivity index (χ1) is 22.8. The van der Waals surface area contributed by atoms with E-state index < -0.39 is 0 Å². The van der Waals surface area contributed by atoms with Gasteiger partial charge in [0, 0.05) is 61.8 Å². The van der Waals surface area contributed by atoms with Crippen molar-refractivity contribution >= 4 is 60.9 Å². The van der Waals surface area contributed by atoms with Crippen molar-refractivity contribution in [2.45, 2.75) is 26.2 Å². The average molecular weight is 808 g/mol. The van der Waals surface area contributed by atoms with Gasteiger partial charge in [0.1, 0.15) is 11.4 Å². The molecule has 5 heterocycles. The molecule has 4 aromatic heterocycles. The zero-order chi connectivity index (χ0) is 31.9. The second kappa shape index (κ2) is 11.2. The van der Waals surface area contributed by atoms with Gasteiger partial charge in [-0.25, -0.2) is 9.97 Å². The molecule has 240 valence electrons. The number of ether oxygens (including phenoxy) is 1. The van der Waals surface area contributed by atoms with Crippen molar-refractivity contribution < 1.29 is 30.2 Å². The fraction of sp³-hybridized carbons (Fsp3) is 0.125. The molecule has 4 aromatic carbocycles. The van der Waals surface area contributed by atoms with Crippen LogP contribution in [0.2, 0.25) is 0 Å². The molecule has 0 bridgehead atoms. The quantitative estimate of drug-likeness (QED) is 0.165. The summed E-state index contributed by atoms with van der Waals surface area (Å²) in [5.74, 6) is 2.04. The van der Waals surface area contributed by atoms with E-state index in [9.17, 15) is 0 Å². The van der Waals surface area contributed by atoms with E-state index >= 15 is 0 Å². The van der Waals surface area contributed by atoms with Crippen LogP contribution >= 0.6 is 0 Å². The summed E-state index contributed by atoms with van der Waals surface area (Å²) in [5.41, 5.74) is 7.53.